The van der Waals surface area contributed by atoms with E-state index in [4.69, 9.17) is 16.6 Å². The Morgan fingerprint density at radius 3 is 2.11 bits per heavy atom. The number of aromatic amines is 1. The quantitative estimate of drug-likeness (QED) is 0.125. The average molecular weight is 507 g/mol. The van der Waals surface area contributed by atoms with Crippen LogP contribution >= 0.6 is 0 Å². The molecule has 0 fully saturated rings. The molecule has 0 radical (unpaired) electrons. The van der Waals surface area contributed by atoms with E-state index in [1.807, 2.05) is 0 Å². The minimum atomic E-state index is -1.62. The Labute approximate surface area is 205 Å². The molecule has 14 heteroatoms. The summed E-state index contributed by atoms with van der Waals surface area (Å²) in [5.41, 5.74) is 12.0. The standard InChI is InChI=1S/C22H30N6O8/c23-13(9-29)19(32)26-15(5-6-18(24)31)20(33)27-16(21(34)28-17(10-30)22(35)36)7-11-8-25-14-4-2-1-3-12(11)14/h1-4,8,13,15-17,25,29-30H,5-7,9-10,23H2,(H2,24,31)(H,26,32)(H,27,33)(H,28,34)(H,35,36). The molecule has 0 spiro atoms. The number of aliphatic carboxylic acids is 1. The first-order valence-electron chi connectivity index (χ1n) is 11.0. The van der Waals surface area contributed by atoms with Crippen molar-refractivity contribution in [2.45, 2.75) is 43.4 Å². The molecule has 2 rings (SSSR count). The van der Waals surface area contributed by atoms with E-state index in [1.165, 1.54) is 0 Å². The number of H-pyrrole nitrogens is 1. The van der Waals surface area contributed by atoms with E-state index in [0.717, 1.165) is 10.9 Å². The van der Waals surface area contributed by atoms with Crippen LogP contribution in [0.25, 0.3) is 10.9 Å². The van der Waals surface area contributed by atoms with Gasteiger partial charge in [-0.25, -0.2) is 4.79 Å². The van der Waals surface area contributed by atoms with Gasteiger partial charge in [-0.15, -0.1) is 0 Å². The summed E-state index contributed by atoms with van der Waals surface area (Å²) in [4.78, 5) is 63.7. The molecule has 0 aliphatic heterocycles. The van der Waals surface area contributed by atoms with Crippen molar-refractivity contribution in [3.05, 3.63) is 36.0 Å². The lowest BCUT2D eigenvalue weighted by Gasteiger charge is -2.24. The predicted molar refractivity (Wildman–Crippen MR) is 126 cm³/mol. The number of carboxylic acid groups (broad SMARTS) is 1. The molecule has 0 bridgehead atoms. The maximum Gasteiger partial charge on any atom is 0.328 e. The van der Waals surface area contributed by atoms with Gasteiger partial charge in [-0.3, -0.25) is 19.2 Å². The van der Waals surface area contributed by atoms with Crippen LogP contribution in [0.2, 0.25) is 0 Å². The number of para-hydroxylation sites is 1. The number of benzene rings is 1. The van der Waals surface area contributed by atoms with Crippen LogP contribution in [0.1, 0.15) is 18.4 Å². The van der Waals surface area contributed by atoms with Crippen molar-refractivity contribution in [2.75, 3.05) is 13.2 Å². The molecule has 4 amide bonds. The van der Waals surface area contributed by atoms with Crippen LogP contribution in [-0.2, 0) is 30.4 Å². The fourth-order valence-electron chi connectivity index (χ4n) is 3.38. The van der Waals surface area contributed by atoms with Gasteiger partial charge in [-0.1, -0.05) is 18.2 Å². The number of nitrogens with one attached hydrogen (secondary N) is 4. The van der Waals surface area contributed by atoms with Crippen LogP contribution in [-0.4, -0.2) is 87.3 Å². The number of fused-ring (bicyclic) bond motifs is 1. The van der Waals surface area contributed by atoms with E-state index < -0.39 is 67.0 Å². The number of amides is 4. The molecule has 0 saturated heterocycles. The number of aromatic nitrogens is 1. The highest BCUT2D eigenvalue weighted by atomic mass is 16.4. The van der Waals surface area contributed by atoms with Crippen molar-refractivity contribution >= 4 is 40.5 Å². The SMILES string of the molecule is NC(=O)CCC(NC(=O)C(N)CO)C(=O)NC(Cc1c[nH]c2ccccc12)C(=O)NC(CO)C(=O)O. The molecule has 0 saturated carbocycles. The van der Waals surface area contributed by atoms with E-state index in [9.17, 15) is 34.2 Å². The van der Waals surface area contributed by atoms with Crippen LogP contribution in [0, 0.1) is 0 Å². The van der Waals surface area contributed by atoms with Crippen molar-refractivity contribution in [1.82, 2.24) is 20.9 Å². The summed E-state index contributed by atoms with van der Waals surface area (Å²) in [5.74, 6) is -4.86. The summed E-state index contributed by atoms with van der Waals surface area (Å²) >= 11 is 0. The molecule has 0 aliphatic carbocycles. The number of nitrogens with two attached hydrogens (primary N) is 2. The largest absolute Gasteiger partial charge is 0.480 e. The van der Waals surface area contributed by atoms with Crippen LogP contribution in [0.15, 0.2) is 30.5 Å². The van der Waals surface area contributed by atoms with E-state index in [2.05, 4.69) is 20.9 Å². The molecule has 14 nitrogen and oxygen atoms in total. The lowest BCUT2D eigenvalue weighted by Crippen LogP contribution is -2.58. The fourth-order valence-corrected chi connectivity index (χ4v) is 3.38. The van der Waals surface area contributed by atoms with Gasteiger partial charge >= 0.3 is 5.97 Å². The molecular weight excluding hydrogens is 476 g/mol. The minimum Gasteiger partial charge on any atom is -0.480 e. The average Bonchev–Trinajstić information content (AvgIpc) is 3.26. The third-order valence-corrected chi connectivity index (χ3v) is 5.37. The summed E-state index contributed by atoms with van der Waals surface area (Å²) < 4.78 is 0. The van der Waals surface area contributed by atoms with Crippen molar-refractivity contribution < 1.29 is 39.3 Å². The second kappa shape index (κ2) is 13.2. The van der Waals surface area contributed by atoms with Gasteiger partial charge in [0, 0.05) is 29.9 Å². The zero-order valence-corrected chi connectivity index (χ0v) is 19.3. The zero-order chi connectivity index (χ0) is 26.8. The topological polar surface area (TPSA) is 250 Å². The van der Waals surface area contributed by atoms with Crippen LogP contribution in [0.5, 0.6) is 0 Å². The number of aliphatic hydroxyl groups is 2. The molecule has 0 aliphatic rings. The normalized spacial score (nSPS) is 14.3. The van der Waals surface area contributed by atoms with E-state index in [0.29, 0.717) is 5.56 Å². The number of hydrogen-bond acceptors (Lipinski definition) is 8. The monoisotopic (exact) mass is 506 g/mol. The summed E-state index contributed by atoms with van der Waals surface area (Å²) in [7, 11) is 0. The number of rotatable bonds is 14. The summed E-state index contributed by atoms with van der Waals surface area (Å²) in [5, 5.41) is 35.2. The Balaban J connectivity index is 2.31. The van der Waals surface area contributed by atoms with Gasteiger partial charge in [0.25, 0.3) is 0 Å². The van der Waals surface area contributed by atoms with Crippen LogP contribution in [0.4, 0.5) is 0 Å². The molecule has 1 heterocycles. The third kappa shape index (κ3) is 7.76. The number of carbonyl (C=O) groups excluding carboxylic acids is 4. The molecule has 196 valence electrons. The summed E-state index contributed by atoms with van der Waals surface area (Å²) in [6.45, 7) is -1.58. The van der Waals surface area contributed by atoms with Gasteiger partial charge < -0.3 is 47.7 Å². The van der Waals surface area contributed by atoms with Gasteiger partial charge in [-0.05, 0) is 18.1 Å². The number of aliphatic hydroxyl groups excluding tert-OH is 2. The highest BCUT2D eigenvalue weighted by Gasteiger charge is 2.31. The first-order valence-corrected chi connectivity index (χ1v) is 11.0. The molecule has 36 heavy (non-hydrogen) atoms. The lowest BCUT2D eigenvalue weighted by atomic mass is 10.0. The molecular formula is C22H30N6O8. The summed E-state index contributed by atoms with van der Waals surface area (Å²) in [6.07, 6.45) is 1.05. The minimum absolute atomic E-state index is 0.0774. The van der Waals surface area contributed by atoms with Crippen LogP contribution < -0.4 is 27.4 Å². The third-order valence-electron chi connectivity index (χ3n) is 5.37. The van der Waals surface area contributed by atoms with Crippen molar-refractivity contribution in [1.29, 1.82) is 0 Å². The number of carboxylic acids is 1. The fraction of sp³-hybridized carbons (Fsp3) is 0.409. The maximum absolute atomic E-state index is 13.1. The first kappa shape index (κ1) is 28.2. The first-order chi connectivity index (χ1) is 17.1. The van der Waals surface area contributed by atoms with Crippen molar-refractivity contribution in [3.8, 4) is 0 Å². The van der Waals surface area contributed by atoms with Gasteiger partial charge in [-0.2, -0.15) is 0 Å². The molecule has 2 aromatic rings. The Hall–Kier alpha value is -4.01. The lowest BCUT2D eigenvalue weighted by molar-refractivity contribution is -0.143. The molecule has 11 N–H and O–H groups in total. The van der Waals surface area contributed by atoms with Gasteiger partial charge in [0.2, 0.25) is 23.6 Å². The van der Waals surface area contributed by atoms with E-state index >= 15 is 0 Å². The Bertz CT molecular complexity index is 1100. The van der Waals surface area contributed by atoms with Crippen molar-refractivity contribution in [3.63, 3.8) is 0 Å². The summed E-state index contributed by atoms with van der Waals surface area (Å²) in [6, 6.07) is 1.55. The number of hydrogen-bond donors (Lipinski definition) is 9. The number of primary amides is 1. The van der Waals surface area contributed by atoms with E-state index in [-0.39, 0.29) is 19.3 Å². The molecule has 1 aromatic carbocycles. The van der Waals surface area contributed by atoms with Crippen molar-refractivity contribution in [2.24, 2.45) is 11.5 Å². The Morgan fingerprint density at radius 2 is 1.50 bits per heavy atom. The van der Waals surface area contributed by atoms with Crippen LogP contribution in [0.3, 0.4) is 0 Å². The number of carbonyl (C=O) groups is 5. The highest BCUT2D eigenvalue weighted by molar-refractivity contribution is 5.95. The second-order valence-electron chi connectivity index (χ2n) is 8.06. The second-order valence-corrected chi connectivity index (χ2v) is 8.06. The Kier molecular flexibility index (Phi) is 10.3. The highest BCUT2D eigenvalue weighted by Crippen LogP contribution is 2.19. The molecule has 4 unspecified atom stereocenters. The smallest absolute Gasteiger partial charge is 0.328 e. The molecule has 4 atom stereocenters. The maximum atomic E-state index is 13.1. The predicted octanol–water partition coefficient (Wildman–Crippen LogP) is -3.17. The van der Waals surface area contributed by atoms with E-state index in [1.54, 1.807) is 30.5 Å². The zero-order valence-electron chi connectivity index (χ0n) is 19.3. The van der Waals surface area contributed by atoms with Gasteiger partial charge in [0.15, 0.2) is 0 Å². The van der Waals surface area contributed by atoms with Gasteiger partial charge in [0.1, 0.15) is 24.2 Å². The van der Waals surface area contributed by atoms with Gasteiger partial charge in [0.05, 0.1) is 13.2 Å². The molecule has 1 aromatic heterocycles. The Morgan fingerprint density at radius 1 is 0.889 bits per heavy atom.